The van der Waals surface area contributed by atoms with Crippen LogP contribution in [0.5, 0.6) is 0 Å². The number of anilines is 1. The van der Waals surface area contributed by atoms with Crippen LogP contribution < -0.4 is 10.2 Å². The van der Waals surface area contributed by atoms with Crippen molar-refractivity contribution in [2.75, 3.05) is 18.5 Å². The third-order valence-corrected chi connectivity index (χ3v) is 7.33. The van der Waals surface area contributed by atoms with Crippen molar-refractivity contribution in [2.45, 2.75) is 19.1 Å². The molecular weight excluding hydrogens is 524 g/mol. The monoisotopic (exact) mass is 552 g/mol. The summed E-state index contributed by atoms with van der Waals surface area (Å²) in [5, 5.41) is 4.34. The van der Waals surface area contributed by atoms with Gasteiger partial charge in [-0.1, -0.05) is 103 Å². The lowest BCUT2D eigenvalue weighted by molar-refractivity contribution is -0.119. The number of hydrogen-bond donors (Lipinski definition) is 1. The van der Waals surface area contributed by atoms with Gasteiger partial charge in [0, 0.05) is 36.3 Å². The molecule has 4 aromatic carbocycles. The first-order valence-electron chi connectivity index (χ1n) is 12.8. The van der Waals surface area contributed by atoms with Crippen molar-refractivity contribution in [3.05, 3.63) is 136 Å². The Hall–Kier alpha value is -4.00. The molecule has 196 valence electrons. The average Bonchev–Trinajstić information content (AvgIpc) is 3.07. The lowest BCUT2D eigenvalue weighted by atomic mass is 10.0. The summed E-state index contributed by atoms with van der Waals surface area (Å²) in [6, 6.07) is 35.8. The highest BCUT2D eigenvalue weighted by Crippen LogP contribution is 2.30. The number of carbonyl (C=O) groups is 1. The molecule has 0 saturated carbocycles. The van der Waals surface area contributed by atoms with Gasteiger partial charge in [0.1, 0.15) is 0 Å². The largest absolute Gasteiger partial charge is 0.345 e. The SMILES string of the molecule is CN1C(=O)C(NC(=S)N(CCc2ccccc2)Cc2ccccc2)N=C(c2ccccc2)c2cc(Cl)ccc21. The van der Waals surface area contributed by atoms with Crippen LogP contribution in [0.4, 0.5) is 5.69 Å². The first-order valence-corrected chi connectivity index (χ1v) is 13.6. The van der Waals surface area contributed by atoms with Crippen molar-refractivity contribution in [1.29, 1.82) is 0 Å². The van der Waals surface area contributed by atoms with Gasteiger partial charge in [0.25, 0.3) is 5.91 Å². The molecule has 39 heavy (non-hydrogen) atoms. The minimum atomic E-state index is -0.904. The molecule has 0 aliphatic carbocycles. The number of fused-ring (bicyclic) bond motifs is 1. The number of benzodiazepines with no additional fused rings is 1. The van der Waals surface area contributed by atoms with Crippen LogP contribution in [0.2, 0.25) is 5.02 Å². The fraction of sp³-hybridized carbons (Fsp3) is 0.156. The standard InChI is InChI=1S/C32H29ClN4OS/c1-36-28-18-17-26(33)21-27(28)29(25-15-9-4-10-16-25)34-30(31(36)38)35-32(39)37(22-24-13-7-3-8-14-24)20-19-23-11-5-2-6-12-23/h2-18,21,30H,19-20,22H2,1H3,(H,35,39). The third-order valence-electron chi connectivity index (χ3n) is 6.72. The second kappa shape index (κ2) is 12.2. The van der Waals surface area contributed by atoms with E-state index in [1.807, 2.05) is 78.9 Å². The highest BCUT2D eigenvalue weighted by Gasteiger charge is 2.31. The first kappa shape index (κ1) is 26.6. The fourth-order valence-corrected chi connectivity index (χ4v) is 5.08. The van der Waals surface area contributed by atoms with Crippen LogP contribution in [-0.2, 0) is 17.8 Å². The molecule has 0 aromatic heterocycles. The maximum absolute atomic E-state index is 13.7. The topological polar surface area (TPSA) is 47.9 Å². The Bertz CT molecular complexity index is 1480. The zero-order chi connectivity index (χ0) is 27.2. The average molecular weight is 553 g/mol. The lowest BCUT2D eigenvalue weighted by Gasteiger charge is -2.29. The van der Waals surface area contributed by atoms with Gasteiger partial charge in [-0.25, -0.2) is 4.99 Å². The van der Waals surface area contributed by atoms with Crippen LogP contribution in [0.25, 0.3) is 0 Å². The van der Waals surface area contributed by atoms with E-state index in [4.69, 9.17) is 28.8 Å². The summed E-state index contributed by atoms with van der Waals surface area (Å²) in [6.45, 7) is 1.30. The Morgan fingerprint density at radius 1 is 0.923 bits per heavy atom. The summed E-state index contributed by atoms with van der Waals surface area (Å²) in [5.74, 6) is -0.199. The van der Waals surface area contributed by atoms with E-state index in [0.29, 0.717) is 28.9 Å². The van der Waals surface area contributed by atoms with Gasteiger partial charge in [0.2, 0.25) is 6.17 Å². The van der Waals surface area contributed by atoms with E-state index >= 15 is 0 Å². The number of likely N-dealkylation sites (N-methyl/N-ethyl adjacent to an activating group) is 1. The van der Waals surface area contributed by atoms with Gasteiger partial charge in [0.05, 0.1) is 11.4 Å². The molecule has 1 aliphatic heterocycles. The van der Waals surface area contributed by atoms with Crippen LogP contribution >= 0.6 is 23.8 Å². The van der Waals surface area contributed by atoms with E-state index < -0.39 is 6.17 Å². The Balaban J connectivity index is 1.46. The maximum atomic E-state index is 13.7. The number of nitrogens with zero attached hydrogens (tertiary/aromatic N) is 3. The van der Waals surface area contributed by atoms with Crippen molar-refractivity contribution >= 4 is 46.2 Å². The van der Waals surface area contributed by atoms with Gasteiger partial charge in [-0.15, -0.1) is 0 Å². The molecular formula is C32H29ClN4OS. The summed E-state index contributed by atoms with van der Waals surface area (Å²) >= 11 is 12.3. The van der Waals surface area contributed by atoms with Gasteiger partial charge in [0.15, 0.2) is 5.11 Å². The Morgan fingerprint density at radius 3 is 2.21 bits per heavy atom. The molecule has 0 bridgehead atoms. The molecule has 1 atom stereocenters. The Kier molecular flexibility index (Phi) is 8.35. The summed E-state index contributed by atoms with van der Waals surface area (Å²) < 4.78 is 0. The number of halogens is 1. The first-order chi connectivity index (χ1) is 19.0. The molecule has 0 fully saturated rings. The number of aliphatic imine (C=N–C) groups is 1. The van der Waals surface area contributed by atoms with E-state index in [-0.39, 0.29) is 5.91 Å². The van der Waals surface area contributed by atoms with Gasteiger partial charge in [-0.05, 0) is 48.0 Å². The number of thiocarbonyl (C=S) groups is 1. The normalized spacial score (nSPS) is 14.7. The Labute approximate surface area is 239 Å². The van der Waals surface area contributed by atoms with Crippen LogP contribution in [0.3, 0.4) is 0 Å². The summed E-state index contributed by atoms with van der Waals surface area (Å²) in [6.07, 6.45) is -0.0879. The number of nitrogens with one attached hydrogen (secondary N) is 1. The quantitative estimate of drug-likeness (QED) is 0.281. The summed E-state index contributed by atoms with van der Waals surface area (Å²) in [5.41, 5.74) is 5.48. The molecule has 0 saturated heterocycles. The number of hydrogen-bond acceptors (Lipinski definition) is 3. The number of amides is 1. The second-order valence-corrected chi connectivity index (χ2v) is 10.2. The van der Waals surface area contributed by atoms with E-state index in [1.165, 1.54) is 5.56 Å². The van der Waals surface area contributed by atoms with Crippen molar-refractivity contribution in [3.63, 3.8) is 0 Å². The molecule has 5 rings (SSSR count). The van der Waals surface area contributed by atoms with E-state index in [0.717, 1.165) is 28.8 Å². The van der Waals surface area contributed by atoms with Crippen LogP contribution in [0.15, 0.2) is 114 Å². The van der Waals surface area contributed by atoms with E-state index in [1.54, 1.807) is 18.0 Å². The Morgan fingerprint density at radius 2 is 1.54 bits per heavy atom. The van der Waals surface area contributed by atoms with Crippen LogP contribution in [0.1, 0.15) is 22.3 Å². The van der Waals surface area contributed by atoms with Crippen molar-refractivity contribution in [2.24, 2.45) is 4.99 Å². The fourth-order valence-electron chi connectivity index (χ4n) is 4.64. The number of benzene rings is 4. The van der Waals surface area contributed by atoms with E-state index in [2.05, 4.69) is 34.5 Å². The summed E-state index contributed by atoms with van der Waals surface area (Å²) in [7, 11) is 1.76. The lowest BCUT2D eigenvalue weighted by Crippen LogP contribution is -2.50. The molecule has 4 aromatic rings. The number of carbonyl (C=O) groups excluding carboxylic acids is 1. The molecule has 0 radical (unpaired) electrons. The van der Waals surface area contributed by atoms with Gasteiger partial charge < -0.3 is 15.1 Å². The molecule has 1 heterocycles. The summed E-state index contributed by atoms with van der Waals surface area (Å²) in [4.78, 5) is 22.4. The van der Waals surface area contributed by atoms with Gasteiger partial charge in [-0.2, -0.15) is 0 Å². The second-order valence-electron chi connectivity index (χ2n) is 9.40. The maximum Gasteiger partial charge on any atom is 0.272 e. The van der Waals surface area contributed by atoms with Crippen LogP contribution in [0, 0.1) is 0 Å². The van der Waals surface area contributed by atoms with E-state index in [9.17, 15) is 4.79 Å². The molecule has 1 amide bonds. The smallest absolute Gasteiger partial charge is 0.272 e. The minimum Gasteiger partial charge on any atom is -0.345 e. The van der Waals surface area contributed by atoms with Gasteiger partial charge >= 0.3 is 0 Å². The molecule has 0 spiro atoms. The zero-order valence-corrected chi connectivity index (χ0v) is 23.2. The predicted molar refractivity (Wildman–Crippen MR) is 163 cm³/mol. The molecule has 1 N–H and O–H groups in total. The van der Waals surface area contributed by atoms with Crippen LogP contribution in [-0.4, -0.2) is 41.4 Å². The van der Waals surface area contributed by atoms with Crippen molar-refractivity contribution in [1.82, 2.24) is 10.2 Å². The zero-order valence-electron chi connectivity index (χ0n) is 21.6. The molecule has 7 heteroatoms. The molecule has 1 aliphatic rings. The minimum absolute atomic E-state index is 0.199. The molecule has 5 nitrogen and oxygen atoms in total. The predicted octanol–water partition coefficient (Wildman–Crippen LogP) is 6.10. The number of rotatable bonds is 7. The highest BCUT2D eigenvalue weighted by atomic mass is 35.5. The van der Waals surface area contributed by atoms with Crippen molar-refractivity contribution in [3.8, 4) is 0 Å². The molecule has 1 unspecified atom stereocenters. The van der Waals surface area contributed by atoms with Gasteiger partial charge in [-0.3, -0.25) is 4.79 Å². The third kappa shape index (κ3) is 6.36. The highest BCUT2D eigenvalue weighted by molar-refractivity contribution is 7.80. The van der Waals surface area contributed by atoms with Crippen molar-refractivity contribution < 1.29 is 4.79 Å².